The molecule has 0 bridgehead atoms. The van der Waals surface area contributed by atoms with Gasteiger partial charge in [-0.2, -0.15) is 5.10 Å². The number of nitrogens with zero attached hydrogens (tertiary/aromatic N) is 4. The van der Waals surface area contributed by atoms with Crippen LogP contribution in [0.15, 0.2) is 24.4 Å². The standard InChI is InChI=1S/C5H4N4S/c1-5(10-4-6-1)9-3-7-2-8-9/h1-4H. The van der Waals surface area contributed by atoms with Gasteiger partial charge < -0.3 is 0 Å². The fourth-order valence-electron chi connectivity index (χ4n) is 0.644. The van der Waals surface area contributed by atoms with E-state index < -0.39 is 0 Å². The fraction of sp³-hybridized carbons (Fsp3) is 0. The van der Waals surface area contributed by atoms with Gasteiger partial charge in [-0.1, -0.05) is 0 Å². The minimum absolute atomic E-state index is 0.984. The van der Waals surface area contributed by atoms with Gasteiger partial charge in [0.1, 0.15) is 17.7 Å². The van der Waals surface area contributed by atoms with E-state index in [1.54, 1.807) is 22.7 Å². The topological polar surface area (TPSA) is 43.6 Å². The summed E-state index contributed by atoms with van der Waals surface area (Å²) < 4.78 is 1.68. The summed E-state index contributed by atoms with van der Waals surface area (Å²) in [5.74, 6) is 0. The highest BCUT2D eigenvalue weighted by molar-refractivity contribution is 7.12. The molecule has 0 aromatic carbocycles. The van der Waals surface area contributed by atoms with Gasteiger partial charge in [0, 0.05) is 0 Å². The third kappa shape index (κ3) is 0.801. The van der Waals surface area contributed by atoms with Crippen LogP contribution in [0.5, 0.6) is 0 Å². The van der Waals surface area contributed by atoms with Crippen molar-refractivity contribution in [1.82, 2.24) is 19.7 Å². The zero-order chi connectivity index (χ0) is 6.81. The molecule has 4 nitrogen and oxygen atoms in total. The Morgan fingerprint density at radius 1 is 1.40 bits per heavy atom. The normalized spacial score (nSPS) is 10.0. The summed E-state index contributed by atoms with van der Waals surface area (Å²) in [4.78, 5) is 7.72. The van der Waals surface area contributed by atoms with Crippen LogP contribution < -0.4 is 0 Å². The van der Waals surface area contributed by atoms with Crippen LogP contribution in [0.4, 0.5) is 0 Å². The van der Waals surface area contributed by atoms with Crippen LogP contribution in [0.3, 0.4) is 0 Å². The maximum Gasteiger partial charge on any atom is 0.139 e. The van der Waals surface area contributed by atoms with Crippen molar-refractivity contribution in [3.05, 3.63) is 24.4 Å². The Labute approximate surface area is 61.2 Å². The zero-order valence-corrected chi connectivity index (χ0v) is 5.82. The van der Waals surface area contributed by atoms with Gasteiger partial charge in [-0.05, 0) is 0 Å². The lowest BCUT2D eigenvalue weighted by molar-refractivity contribution is 0.893. The van der Waals surface area contributed by atoms with Crippen molar-refractivity contribution in [3.63, 3.8) is 0 Å². The summed E-state index contributed by atoms with van der Waals surface area (Å²) in [5, 5.41) is 4.92. The van der Waals surface area contributed by atoms with Crippen molar-refractivity contribution >= 4 is 11.3 Å². The van der Waals surface area contributed by atoms with Gasteiger partial charge in [-0.3, -0.25) is 4.98 Å². The number of aromatic nitrogens is 4. The summed E-state index contributed by atoms with van der Waals surface area (Å²) in [5.41, 5.74) is 1.76. The molecule has 0 spiro atoms. The van der Waals surface area contributed by atoms with E-state index in [9.17, 15) is 0 Å². The third-order valence-corrected chi connectivity index (χ3v) is 1.82. The van der Waals surface area contributed by atoms with E-state index in [2.05, 4.69) is 15.1 Å². The molecule has 5 heteroatoms. The second kappa shape index (κ2) is 2.18. The molecule has 0 saturated heterocycles. The van der Waals surface area contributed by atoms with Crippen LogP contribution >= 0.6 is 11.3 Å². The first-order valence-corrected chi connectivity index (χ1v) is 3.58. The first-order chi connectivity index (χ1) is 4.97. The minimum Gasteiger partial charge on any atom is -0.251 e. The molecule has 2 rings (SSSR count). The minimum atomic E-state index is 0.984. The molecule has 0 aliphatic rings. The quantitative estimate of drug-likeness (QED) is 0.604. The van der Waals surface area contributed by atoms with Gasteiger partial charge in [0.2, 0.25) is 0 Å². The Kier molecular flexibility index (Phi) is 1.21. The van der Waals surface area contributed by atoms with E-state index in [1.807, 2.05) is 0 Å². The van der Waals surface area contributed by atoms with Crippen molar-refractivity contribution in [3.8, 4) is 5.00 Å². The van der Waals surface area contributed by atoms with Crippen LogP contribution in [0.1, 0.15) is 0 Å². The Balaban J connectivity index is 2.48. The number of thiazole rings is 1. The third-order valence-electron chi connectivity index (χ3n) is 1.06. The molecule has 0 unspecified atom stereocenters. The molecule has 0 fully saturated rings. The average molecular weight is 152 g/mol. The van der Waals surface area contributed by atoms with Gasteiger partial charge in [0.25, 0.3) is 0 Å². The molecule has 0 atom stereocenters. The van der Waals surface area contributed by atoms with Crippen molar-refractivity contribution in [1.29, 1.82) is 0 Å². The van der Waals surface area contributed by atoms with Crippen molar-refractivity contribution in [2.45, 2.75) is 0 Å². The molecule has 0 saturated carbocycles. The maximum absolute atomic E-state index is 3.93. The van der Waals surface area contributed by atoms with E-state index in [0.29, 0.717) is 0 Å². The highest BCUT2D eigenvalue weighted by Crippen LogP contribution is 2.08. The van der Waals surface area contributed by atoms with Crippen molar-refractivity contribution in [2.75, 3.05) is 0 Å². The van der Waals surface area contributed by atoms with E-state index in [4.69, 9.17) is 0 Å². The van der Waals surface area contributed by atoms with Crippen molar-refractivity contribution in [2.24, 2.45) is 0 Å². The average Bonchev–Trinajstić information content (AvgIpc) is 2.59. The van der Waals surface area contributed by atoms with Crippen LogP contribution in [0.25, 0.3) is 5.00 Å². The first-order valence-electron chi connectivity index (χ1n) is 2.70. The Morgan fingerprint density at radius 3 is 3.00 bits per heavy atom. The summed E-state index contributed by atoms with van der Waals surface area (Å²) in [6, 6.07) is 0. The smallest absolute Gasteiger partial charge is 0.139 e. The summed E-state index contributed by atoms with van der Waals surface area (Å²) >= 11 is 1.53. The summed E-state index contributed by atoms with van der Waals surface area (Å²) in [6.45, 7) is 0. The van der Waals surface area contributed by atoms with Gasteiger partial charge in [-0.25, -0.2) is 9.67 Å². The zero-order valence-electron chi connectivity index (χ0n) is 5.01. The highest BCUT2D eigenvalue weighted by atomic mass is 32.1. The predicted octanol–water partition coefficient (Wildman–Crippen LogP) is 0.724. The van der Waals surface area contributed by atoms with Gasteiger partial charge in [0.05, 0.1) is 11.7 Å². The lowest BCUT2D eigenvalue weighted by Gasteiger charge is -1.88. The van der Waals surface area contributed by atoms with Gasteiger partial charge >= 0.3 is 0 Å². The second-order valence-corrected chi connectivity index (χ2v) is 2.54. The number of rotatable bonds is 1. The van der Waals surface area contributed by atoms with Gasteiger partial charge in [0.15, 0.2) is 0 Å². The Bertz CT molecular complexity index is 253. The lowest BCUT2D eigenvalue weighted by Crippen LogP contribution is -1.88. The van der Waals surface area contributed by atoms with Crippen LogP contribution in [-0.2, 0) is 0 Å². The SMILES string of the molecule is c1ncn(-c2cncs2)n1. The van der Waals surface area contributed by atoms with E-state index in [0.717, 1.165) is 5.00 Å². The predicted molar refractivity (Wildman–Crippen MR) is 37.0 cm³/mol. The van der Waals surface area contributed by atoms with Crippen LogP contribution in [-0.4, -0.2) is 19.7 Å². The molecule has 2 heterocycles. The van der Waals surface area contributed by atoms with E-state index in [1.165, 1.54) is 17.7 Å². The van der Waals surface area contributed by atoms with Crippen molar-refractivity contribution < 1.29 is 0 Å². The van der Waals surface area contributed by atoms with Gasteiger partial charge in [-0.15, -0.1) is 11.3 Å². The maximum atomic E-state index is 3.93. The Hall–Kier alpha value is -1.23. The molecule has 2 aromatic rings. The second-order valence-electron chi connectivity index (χ2n) is 1.68. The first kappa shape index (κ1) is 5.55. The molecule has 10 heavy (non-hydrogen) atoms. The molecular weight excluding hydrogens is 148 g/mol. The van der Waals surface area contributed by atoms with Crippen LogP contribution in [0.2, 0.25) is 0 Å². The monoisotopic (exact) mass is 152 g/mol. The molecule has 50 valence electrons. The number of hydrogen-bond acceptors (Lipinski definition) is 4. The molecular formula is C5H4N4S. The van der Waals surface area contributed by atoms with E-state index >= 15 is 0 Å². The molecule has 0 radical (unpaired) electrons. The summed E-state index contributed by atoms with van der Waals surface area (Å²) in [6.07, 6.45) is 4.90. The molecule has 2 aromatic heterocycles. The molecule has 0 aliphatic heterocycles. The molecule has 0 aliphatic carbocycles. The summed E-state index contributed by atoms with van der Waals surface area (Å²) in [7, 11) is 0. The lowest BCUT2D eigenvalue weighted by atomic mass is 10.8. The number of hydrogen-bond donors (Lipinski definition) is 0. The highest BCUT2D eigenvalue weighted by Gasteiger charge is 1.95. The van der Waals surface area contributed by atoms with Crippen LogP contribution in [0, 0.1) is 0 Å². The molecule has 0 amide bonds. The largest absolute Gasteiger partial charge is 0.251 e. The van der Waals surface area contributed by atoms with E-state index in [-0.39, 0.29) is 0 Å². The fourth-order valence-corrected chi connectivity index (χ4v) is 1.20. The molecule has 0 N–H and O–H groups in total. The Morgan fingerprint density at radius 2 is 2.40 bits per heavy atom.